The molecule has 3 nitrogen and oxygen atoms in total. The van der Waals surface area contributed by atoms with Gasteiger partial charge < -0.3 is 14.0 Å². The third kappa shape index (κ3) is 4.21. The average molecular weight is 252 g/mol. The Morgan fingerprint density at radius 1 is 1.71 bits per heavy atom. The van der Waals surface area contributed by atoms with Crippen molar-refractivity contribution in [3.05, 3.63) is 0 Å². The van der Waals surface area contributed by atoms with Crippen molar-refractivity contribution in [3.63, 3.8) is 0 Å². The molecule has 0 aromatic rings. The Labute approximate surface area is 96.5 Å². The Morgan fingerprint density at radius 3 is 2.86 bits per heavy atom. The fourth-order valence-electron chi connectivity index (χ4n) is 1.42. The van der Waals surface area contributed by atoms with Gasteiger partial charge in [-0.25, -0.2) is 0 Å². The van der Waals surface area contributed by atoms with Crippen LogP contribution in [0.2, 0.25) is 0 Å². The van der Waals surface area contributed by atoms with E-state index in [1.807, 2.05) is 6.66 Å². The third-order valence-electron chi connectivity index (χ3n) is 1.89. The zero-order chi connectivity index (χ0) is 10.8. The molecule has 1 unspecified atom stereocenters. The zero-order valence-corrected chi connectivity index (χ0v) is 10.9. The number of rotatable bonds is 4. The van der Waals surface area contributed by atoms with Gasteiger partial charge in [-0.2, -0.15) is 0 Å². The largest absolute Gasteiger partial charge is 0.382 e. The molecule has 80 valence electrons. The maximum atomic E-state index is 5.66. The van der Waals surface area contributed by atoms with Gasteiger partial charge >= 0.3 is 0 Å². The van der Waals surface area contributed by atoms with Gasteiger partial charge in [-0.1, -0.05) is 11.8 Å². The molecule has 0 aromatic carbocycles. The highest BCUT2D eigenvalue weighted by Crippen LogP contribution is 2.50. The molecule has 0 N–H and O–H groups in total. The standard InChI is InChI=1S/C7H14BO3PS2/c1-9-4-6-5(3-7(8)10-6)11-12(2,13)14/h5-7H,3-4H2,1-2H3,(H,13,14)/t5-,6-,7-/m1/s1. The minimum Gasteiger partial charge on any atom is -0.382 e. The van der Waals surface area contributed by atoms with E-state index in [1.54, 1.807) is 7.11 Å². The fraction of sp³-hybridized carbons (Fsp3) is 1.00. The van der Waals surface area contributed by atoms with Gasteiger partial charge in [-0.3, -0.25) is 0 Å². The molecule has 0 spiro atoms. The fourth-order valence-corrected chi connectivity index (χ4v) is 2.84. The van der Waals surface area contributed by atoms with Crippen molar-refractivity contribution in [1.29, 1.82) is 0 Å². The number of methoxy groups -OCH3 is 1. The van der Waals surface area contributed by atoms with Crippen molar-refractivity contribution in [2.75, 3.05) is 20.4 Å². The predicted octanol–water partition coefficient (Wildman–Crippen LogP) is 1.17. The highest BCUT2D eigenvalue weighted by Gasteiger charge is 2.35. The monoisotopic (exact) mass is 252 g/mol. The van der Waals surface area contributed by atoms with Crippen LogP contribution in [0.25, 0.3) is 0 Å². The first-order valence-electron chi connectivity index (χ1n) is 4.31. The van der Waals surface area contributed by atoms with Gasteiger partial charge in [0.05, 0.1) is 12.7 Å². The summed E-state index contributed by atoms with van der Waals surface area (Å²) in [6, 6.07) is -0.282. The molecule has 0 bridgehead atoms. The van der Waals surface area contributed by atoms with E-state index in [-0.39, 0.29) is 18.2 Å². The first kappa shape index (κ1) is 13.0. The molecular weight excluding hydrogens is 238 g/mol. The van der Waals surface area contributed by atoms with E-state index in [9.17, 15) is 0 Å². The Morgan fingerprint density at radius 2 is 2.36 bits per heavy atom. The molecule has 4 atom stereocenters. The Balaban J connectivity index is 2.53. The van der Waals surface area contributed by atoms with E-state index >= 15 is 0 Å². The summed E-state index contributed by atoms with van der Waals surface area (Å²) in [5.74, 6) is 0. The van der Waals surface area contributed by atoms with E-state index in [1.165, 1.54) is 0 Å². The van der Waals surface area contributed by atoms with E-state index in [4.69, 9.17) is 33.7 Å². The van der Waals surface area contributed by atoms with Crippen molar-refractivity contribution >= 4 is 37.4 Å². The van der Waals surface area contributed by atoms with Gasteiger partial charge in [0.15, 0.2) is 0 Å². The molecule has 1 aliphatic heterocycles. The highest BCUT2D eigenvalue weighted by molar-refractivity contribution is 8.61. The molecule has 7 heteroatoms. The maximum absolute atomic E-state index is 5.66. The summed E-state index contributed by atoms with van der Waals surface area (Å²) in [6.45, 7) is 2.29. The van der Waals surface area contributed by atoms with Gasteiger partial charge in [0.1, 0.15) is 19.4 Å². The summed E-state index contributed by atoms with van der Waals surface area (Å²) in [7, 11) is 7.28. The SMILES string of the molecule is [B][C@H]1C[C@@H](OP(C)(=S)S)[C@@H](COC)O1. The van der Waals surface area contributed by atoms with Crippen LogP contribution in [0, 0.1) is 0 Å². The van der Waals surface area contributed by atoms with Crippen LogP contribution in [-0.2, 0) is 25.8 Å². The molecule has 1 saturated heterocycles. The van der Waals surface area contributed by atoms with E-state index in [0.717, 1.165) is 0 Å². The summed E-state index contributed by atoms with van der Waals surface area (Å²) in [6.07, 6.45) is 0.448. The third-order valence-corrected chi connectivity index (χ3v) is 3.09. The molecule has 0 aromatic heterocycles. The lowest BCUT2D eigenvalue weighted by Crippen LogP contribution is -2.27. The molecule has 2 radical (unpaired) electrons. The number of ether oxygens (including phenoxy) is 2. The quantitative estimate of drug-likeness (QED) is 0.462. The summed E-state index contributed by atoms with van der Waals surface area (Å²) in [5, 5.41) is 0. The molecule has 1 rings (SSSR count). The molecule has 1 aliphatic rings. The van der Waals surface area contributed by atoms with Gasteiger partial charge in [0, 0.05) is 13.1 Å². The minimum atomic E-state index is -1.97. The van der Waals surface area contributed by atoms with Crippen LogP contribution in [0.3, 0.4) is 0 Å². The first-order chi connectivity index (χ1) is 6.42. The lowest BCUT2D eigenvalue weighted by molar-refractivity contribution is -0.00743. The Kier molecular flexibility index (Phi) is 4.95. The summed E-state index contributed by atoms with van der Waals surface area (Å²) in [5.41, 5.74) is -1.97. The maximum Gasteiger partial charge on any atom is 0.114 e. The number of hydrogen-bond acceptors (Lipinski definition) is 4. The van der Waals surface area contributed by atoms with Crippen LogP contribution in [0.15, 0.2) is 0 Å². The van der Waals surface area contributed by atoms with Gasteiger partial charge in [0.25, 0.3) is 0 Å². The van der Waals surface area contributed by atoms with Crippen LogP contribution in [0.1, 0.15) is 6.42 Å². The van der Waals surface area contributed by atoms with Crippen molar-refractivity contribution in [2.45, 2.75) is 24.6 Å². The van der Waals surface area contributed by atoms with Crippen LogP contribution in [-0.4, -0.2) is 46.4 Å². The van der Waals surface area contributed by atoms with Gasteiger partial charge in [-0.05, 0) is 13.1 Å². The topological polar surface area (TPSA) is 27.7 Å². The predicted molar refractivity (Wildman–Crippen MR) is 65.0 cm³/mol. The smallest absolute Gasteiger partial charge is 0.114 e. The number of thiol groups is 1. The van der Waals surface area contributed by atoms with E-state index in [2.05, 4.69) is 12.2 Å². The molecule has 1 fully saturated rings. The van der Waals surface area contributed by atoms with Crippen molar-refractivity contribution in [1.82, 2.24) is 0 Å². The summed E-state index contributed by atoms with van der Waals surface area (Å²) < 4.78 is 16.1. The minimum absolute atomic E-state index is 0.0849. The Hall–Kier alpha value is 0.945. The van der Waals surface area contributed by atoms with E-state index < -0.39 is 5.47 Å². The van der Waals surface area contributed by atoms with Crippen molar-refractivity contribution in [3.8, 4) is 0 Å². The molecular formula is C7H14BO3PS2. The van der Waals surface area contributed by atoms with Crippen LogP contribution >= 0.6 is 17.7 Å². The average Bonchev–Trinajstić information content (AvgIpc) is 2.28. The molecule has 0 saturated carbocycles. The lowest BCUT2D eigenvalue weighted by Gasteiger charge is -2.21. The second-order valence-corrected chi connectivity index (χ2v) is 10.4. The lowest BCUT2D eigenvalue weighted by atomic mass is 9.96. The van der Waals surface area contributed by atoms with Crippen molar-refractivity contribution < 1.29 is 14.0 Å². The second kappa shape index (κ2) is 5.33. The molecule has 0 amide bonds. The molecule has 0 aliphatic carbocycles. The van der Waals surface area contributed by atoms with E-state index in [0.29, 0.717) is 13.0 Å². The number of hydrogen-bond donors (Lipinski definition) is 1. The summed E-state index contributed by atoms with van der Waals surface area (Å²) >= 11 is 9.35. The second-order valence-electron chi connectivity index (χ2n) is 3.35. The highest BCUT2D eigenvalue weighted by atomic mass is 32.9. The van der Waals surface area contributed by atoms with Crippen molar-refractivity contribution in [2.24, 2.45) is 0 Å². The molecule has 14 heavy (non-hydrogen) atoms. The summed E-state index contributed by atoms with van der Waals surface area (Å²) in [4.78, 5) is 0. The Bertz CT molecular complexity index is 235. The van der Waals surface area contributed by atoms with Crippen LogP contribution < -0.4 is 0 Å². The zero-order valence-electron chi connectivity index (χ0n) is 8.25. The normalized spacial score (nSPS) is 36.9. The molecule has 1 heterocycles. The van der Waals surface area contributed by atoms with Gasteiger partial charge in [0.2, 0.25) is 0 Å². The van der Waals surface area contributed by atoms with Gasteiger partial charge in [-0.15, -0.1) is 12.2 Å². The first-order valence-corrected chi connectivity index (χ1v) is 8.63. The van der Waals surface area contributed by atoms with Crippen LogP contribution in [0.5, 0.6) is 0 Å². The van der Waals surface area contributed by atoms with Crippen LogP contribution in [0.4, 0.5) is 0 Å².